The van der Waals surface area contributed by atoms with Gasteiger partial charge in [0.05, 0.1) is 17.1 Å². The number of para-hydroxylation sites is 1. The van der Waals surface area contributed by atoms with Crippen LogP contribution in [0.5, 0.6) is 0 Å². The number of aryl methyl sites for hydroxylation is 2. The number of fused-ring (bicyclic) bond motifs is 1. The van der Waals surface area contributed by atoms with Gasteiger partial charge in [-0.15, -0.1) is 0 Å². The van der Waals surface area contributed by atoms with Crippen LogP contribution in [0.3, 0.4) is 0 Å². The van der Waals surface area contributed by atoms with Crippen LogP contribution in [0.25, 0.3) is 10.9 Å². The van der Waals surface area contributed by atoms with Crippen LogP contribution < -0.4 is 5.32 Å². The molecular formula is C24H22N2O. The number of nitrogens with one attached hydrogen (secondary N) is 2. The molecule has 0 fully saturated rings. The van der Waals surface area contributed by atoms with Crippen LogP contribution in [-0.4, -0.2) is 10.9 Å². The van der Waals surface area contributed by atoms with Gasteiger partial charge in [-0.2, -0.15) is 0 Å². The summed E-state index contributed by atoms with van der Waals surface area (Å²) in [7, 11) is 0. The smallest absolute Gasteiger partial charge is 0.236 e. The van der Waals surface area contributed by atoms with E-state index in [-0.39, 0.29) is 11.8 Å². The second kappa shape index (κ2) is 7.12. The number of rotatable bonds is 4. The molecule has 134 valence electrons. The molecule has 1 aromatic heterocycles. The van der Waals surface area contributed by atoms with Gasteiger partial charge in [0.15, 0.2) is 0 Å². The van der Waals surface area contributed by atoms with Crippen LogP contribution >= 0.6 is 0 Å². The Kier molecular flexibility index (Phi) is 4.51. The molecule has 0 saturated heterocycles. The van der Waals surface area contributed by atoms with Crippen LogP contribution in [0.1, 0.15) is 28.3 Å². The minimum absolute atomic E-state index is 0.0372. The van der Waals surface area contributed by atoms with E-state index in [4.69, 9.17) is 0 Å². The third-order valence-electron chi connectivity index (χ3n) is 5.13. The summed E-state index contributed by atoms with van der Waals surface area (Å²) in [5.41, 5.74) is 6.07. The molecule has 3 heteroatoms. The normalized spacial score (nSPS) is 11.1. The van der Waals surface area contributed by atoms with E-state index in [2.05, 4.69) is 30.2 Å². The predicted molar refractivity (Wildman–Crippen MR) is 111 cm³/mol. The first-order valence-electron chi connectivity index (χ1n) is 9.14. The quantitative estimate of drug-likeness (QED) is 0.495. The van der Waals surface area contributed by atoms with Crippen LogP contribution in [0.2, 0.25) is 0 Å². The van der Waals surface area contributed by atoms with Crippen LogP contribution in [0.4, 0.5) is 5.69 Å². The number of carbonyl (C=O) groups excluding carboxylic acids is 1. The average Bonchev–Trinajstić information content (AvgIpc) is 2.99. The first kappa shape index (κ1) is 17.1. The van der Waals surface area contributed by atoms with E-state index >= 15 is 0 Å². The maximum absolute atomic E-state index is 13.3. The van der Waals surface area contributed by atoms with E-state index in [9.17, 15) is 4.79 Å². The molecule has 0 aliphatic carbocycles. The lowest BCUT2D eigenvalue weighted by molar-refractivity contribution is -0.116. The maximum Gasteiger partial charge on any atom is 0.236 e. The van der Waals surface area contributed by atoms with Crippen LogP contribution in [0, 0.1) is 13.8 Å². The van der Waals surface area contributed by atoms with Crippen LogP contribution in [0.15, 0.2) is 78.9 Å². The summed E-state index contributed by atoms with van der Waals surface area (Å²) in [6.07, 6.45) is 0. The fourth-order valence-electron chi connectivity index (χ4n) is 3.58. The molecule has 0 aliphatic rings. The SMILES string of the molecule is Cc1[nH]c2c(NC(=O)C(c3ccccc3)c3ccccc3)cccc2c1C. The molecule has 0 aliphatic heterocycles. The fraction of sp³-hybridized carbons (Fsp3) is 0.125. The Hall–Kier alpha value is -3.33. The molecule has 3 nitrogen and oxygen atoms in total. The van der Waals surface area contributed by atoms with Gasteiger partial charge in [-0.1, -0.05) is 72.8 Å². The van der Waals surface area contributed by atoms with Crippen molar-refractivity contribution in [1.29, 1.82) is 0 Å². The fourth-order valence-corrected chi connectivity index (χ4v) is 3.58. The Morgan fingerprint density at radius 3 is 2.00 bits per heavy atom. The number of hydrogen-bond donors (Lipinski definition) is 2. The Bertz CT molecular complexity index is 1040. The minimum Gasteiger partial charge on any atom is -0.357 e. The van der Waals surface area contributed by atoms with Crippen molar-refractivity contribution in [2.75, 3.05) is 5.32 Å². The molecule has 0 spiro atoms. The Morgan fingerprint density at radius 2 is 1.41 bits per heavy atom. The van der Waals surface area contributed by atoms with Gasteiger partial charge in [0.25, 0.3) is 0 Å². The summed E-state index contributed by atoms with van der Waals surface area (Å²) in [6, 6.07) is 25.8. The van der Waals surface area contributed by atoms with E-state index in [1.165, 1.54) is 5.56 Å². The number of aromatic nitrogens is 1. The van der Waals surface area contributed by atoms with Crippen molar-refractivity contribution in [1.82, 2.24) is 4.98 Å². The molecule has 1 heterocycles. The van der Waals surface area contributed by atoms with E-state index in [0.29, 0.717) is 0 Å². The number of benzene rings is 3. The zero-order chi connectivity index (χ0) is 18.8. The van der Waals surface area contributed by atoms with Gasteiger partial charge >= 0.3 is 0 Å². The summed E-state index contributed by atoms with van der Waals surface area (Å²) in [5, 5.41) is 4.29. The number of aromatic amines is 1. The summed E-state index contributed by atoms with van der Waals surface area (Å²) in [4.78, 5) is 16.7. The molecular weight excluding hydrogens is 332 g/mol. The lowest BCUT2D eigenvalue weighted by atomic mass is 9.90. The van der Waals surface area contributed by atoms with Gasteiger partial charge in [0.1, 0.15) is 0 Å². The largest absolute Gasteiger partial charge is 0.357 e. The highest BCUT2D eigenvalue weighted by atomic mass is 16.1. The van der Waals surface area contributed by atoms with E-state index in [1.807, 2.05) is 72.8 Å². The van der Waals surface area contributed by atoms with Gasteiger partial charge in [0, 0.05) is 11.1 Å². The maximum atomic E-state index is 13.3. The standard InChI is InChI=1S/C24H22N2O/c1-16-17(2)25-23-20(16)14-9-15-21(23)26-24(27)22(18-10-5-3-6-11-18)19-12-7-4-8-13-19/h3-15,22,25H,1-2H3,(H,26,27). The van der Waals surface area contributed by atoms with Gasteiger partial charge in [-0.05, 0) is 36.6 Å². The summed E-state index contributed by atoms with van der Waals surface area (Å²) in [5.74, 6) is -0.399. The van der Waals surface area contributed by atoms with Crippen molar-refractivity contribution in [3.63, 3.8) is 0 Å². The first-order valence-corrected chi connectivity index (χ1v) is 9.14. The molecule has 2 N–H and O–H groups in total. The summed E-state index contributed by atoms with van der Waals surface area (Å²) < 4.78 is 0. The van der Waals surface area contributed by atoms with Gasteiger partial charge < -0.3 is 10.3 Å². The summed E-state index contributed by atoms with van der Waals surface area (Å²) >= 11 is 0. The first-order chi connectivity index (χ1) is 13.1. The number of hydrogen-bond acceptors (Lipinski definition) is 1. The molecule has 4 aromatic rings. The average molecular weight is 354 g/mol. The number of anilines is 1. The summed E-state index contributed by atoms with van der Waals surface area (Å²) in [6.45, 7) is 4.15. The van der Waals surface area contributed by atoms with Gasteiger partial charge in [0.2, 0.25) is 5.91 Å². The lowest BCUT2D eigenvalue weighted by Gasteiger charge is -2.18. The Labute approximate surface area is 159 Å². The monoisotopic (exact) mass is 354 g/mol. The van der Waals surface area contributed by atoms with Crippen molar-refractivity contribution in [2.45, 2.75) is 19.8 Å². The Balaban J connectivity index is 1.74. The Morgan fingerprint density at radius 1 is 0.815 bits per heavy atom. The third-order valence-corrected chi connectivity index (χ3v) is 5.13. The minimum atomic E-state index is -0.361. The van der Waals surface area contributed by atoms with Gasteiger partial charge in [-0.3, -0.25) is 4.79 Å². The number of carbonyl (C=O) groups is 1. The van der Waals surface area contributed by atoms with Crippen LogP contribution in [-0.2, 0) is 4.79 Å². The predicted octanol–water partition coefficient (Wildman–Crippen LogP) is 5.56. The number of H-pyrrole nitrogens is 1. The third kappa shape index (κ3) is 3.24. The van der Waals surface area contributed by atoms with Gasteiger partial charge in [-0.25, -0.2) is 0 Å². The molecule has 4 rings (SSSR count). The highest BCUT2D eigenvalue weighted by Gasteiger charge is 2.23. The van der Waals surface area contributed by atoms with E-state index < -0.39 is 0 Å². The molecule has 0 radical (unpaired) electrons. The second-order valence-corrected chi connectivity index (χ2v) is 6.85. The van der Waals surface area contributed by atoms with Crippen molar-refractivity contribution >= 4 is 22.5 Å². The van der Waals surface area contributed by atoms with Crippen molar-refractivity contribution in [3.05, 3.63) is 101 Å². The molecule has 27 heavy (non-hydrogen) atoms. The molecule has 0 unspecified atom stereocenters. The molecule has 0 bridgehead atoms. The van der Waals surface area contributed by atoms with Crippen molar-refractivity contribution in [2.24, 2.45) is 0 Å². The molecule has 1 amide bonds. The zero-order valence-electron chi connectivity index (χ0n) is 15.5. The molecule has 0 saturated carbocycles. The van der Waals surface area contributed by atoms with Crippen molar-refractivity contribution < 1.29 is 4.79 Å². The van der Waals surface area contributed by atoms with Crippen molar-refractivity contribution in [3.8, 4) is 0 Å². The second-order valence-electron chi connectivity index (χ2n) is 6.85. The van der Waals surface area contributed by atoms with E-state index in [0.717, 1.165) is 33.4 Å². The highest BCUT2D eigenvalue weighted by molar-refractivity contribution is 6.05. The molecule has 0 atom stereocenters. The zero-order valence-corrected chi connectivity index (χ0v) is 15.5. The van der Waals surface area contributed by atoms with E-state index in [1.54, 1.807) is 0 Å². The highest BCUT2D eigenvalue weighted by Crippen LogP contribution is 2.30. The lowest BCUT2D eigenvalue weighted by Crippen LogP contribution is -2.22. The number of amides is 1. The molecule has 3 aromatic carbocycles. The topological polar surface area (TPSA) is 44.9 Å².